The highest BCUT2D eigenvalue weighted by atomic mass is 16.3. The van der Waals surface area contributed by atoms with Crippen LogP contribution in [-0.2, 0) is 6.54 Å². The first-order valence-corrected chi connectivity index (χ1v) is 6.84. The van der Waals surface area contributed by atoms with Gasteiger partial charge >= 0.3 is 0 Å². The Bertz CT molecular complexity index is 686. The summed E-state index contributed by atoms with van der Waals surface area (Å²) in [5.41, 5.74) is 2.27. The van der Waals surface area contributed by atoms with E-state index in [9.17, 15) is 0 Å². The van der Waals surface area contributed by atoms with Crippen LogP contribution in [0.5, 0.6) is 0 Å². The zero-order chi connectivity index (χ0) is 14.5. The fourth-order valence-electron chi connectivity index (χ4n) is 2.27. The second kappa shape index (κ2) is 6.24. The minimum absolute atomic E-state index is 0.0216. The molecule has 1 aromatic carbocycles. The summed E-state index contributed by atoms with van der Waals surface area (Å²) in [6.07, 6.45) is 7.15. The first-order chi connectivity index (χ1) is 10.4. The Hall–Kier alpha value is -2.59. The second-order valence-electron chi connectivity index (χ2n) is 4.75. The van der Waals surface area contributed by atoms with Gasteiger partial charge in [0.05, 0.1) is 18.5 Å². The summed E-state index contributed by atoms with van der Waals surface area (Å²) >= 11 is 0. The quantitative estimate of drug-likeness (QED) is 0.751. The van der Waals surface area contributed by atoms with Crippen LogP contribution in [0.2, 0.25) is 0 Å². The number of benzene rings is 1. The highest BCUT2D eigenvalue weighted by Gasteiger charge is 2.16. The molecule has 1 unspecified atom stereocenters. The Morgan fingerprint density at radius 3 is 2.76 bits per heavy atom. The molecule has 0 aliphatic carbocycles. The van der Waals surface area contributed by atoms with Gasteiger partial charge in [0.2, 0.25) is 0 Å². The Labute approximate surface area is 123 Å². The molecule has 21 heavy (non-hydrogen) atoms. The fourth-order valence-corrected chi connectivity index (χ4v) is 2.27. The number of aromatic nitrogens is 2. The van der Waals surface area contributed by atoms with Crippen LogP contribution in [-0.4, -0.2) is 9.78 Å². The lowest BCUT2D eigenvalue weighted by Gasteiger charge is -2.16. The maximum absolute atomic E-state index is 5.57. The molecule has 0 saturated carbocycles. The molecule has 3 rings (SSSR count). The smallest absolute Gasteiger partial charge is 0.125 e. The van der Waals surface area contributed by atoms with E-state index in [2.05, 4.69) is 29.1 Å². The minimum Gasteiger partial charge on any atom is -0.467 e. The lowest BCUT2D eigenvalue weighted by atomic mass is 10.0. The number of hydrogen-bond donors (Lipinski definition) is 1. The molecule has 0 bridgehead atoms. The molecule has 0 spiro atoms. The van der Waals surface area contributed by atoms with Crippen molar-refractivity contribution in [2.45, 2.75) is 12.6 Å². The van der Waals surface area contributed by atoms with E-state index in [1.54, 1.807) is 17.1 Å². The largest absolute Gasteiger partial charge is 0.467 e. The van der Waals surface area contributed by atoms with Crippen molar-refractivity contribution >= 4 is 6.20 Å². The summed E-state index contributed by atoms with van der Waals surface area (Å²) in [4.78, 5) is 0. The minimum atomic E-state index is 0.0216. The van der Waals surface area contributed by atoms with Crippen LogP contribution >= 0.6 is 0 Å². The summed E-state index contributed by atoms with van der Waals surface area (Å²) in [7, 11) is 0. The Morgan fingerprint density at radius 2 is 2.10 bits per heavy atom. The van der Waals surface area contributed by atoms with Gasteiger partial charge in [-0.1, -0.05) is 36.9 Å². The molecule has 0 amide bonds. The topological polar surface area (TPSA) is 43.0 Å². The average molecular weight is 279 g/mol. The Morgan fingerprint density at radius 1 is 1.24 bits per heavy atom. The third kappa shape index (κ3) is 3.12. The molecule has 4 nitrogen and oxygen atoms in total. The zero-order valence-corrected chi connectivity index (χ0v) is 11.6. The number of nitrogens with zero attached hydrogens (tertiary/aromatic N) is 2. The molecule has 0 aliphatic rings. The predicted molar refractivity (Wildman–Crippen MR) is 82.4 cm³/mol. The summed E-state index contributed by atoms with van der Waals surface area (Å²) in [5.74, 6) is 0.900. The first kappa shape index (κ1) is 13.4. The molecular weight excluding hydrogens is 262 g/mol. The highest BCUT2D eigenvalue weighted by molar-refractivity contribution is 5.27. The molecule has 4 heteroatoms. The van der Waals surface area contributed by atoms with Gasteiger partial charge in [-0.2, -0.15) is 5.10 Å². The maximum Gasteiger partial charge on any atom is 0.125 e. The molecule has 2 aromatic heterocycles. The fraction of sp³-hybridized carbons (Fsp3) is 0.118. The number of hydrogen-bond acceptors (Lipinski definition) is 3. The van der Waals surface area contributed by atoms with Crippen molar-refractivity contribution in [1.82, 2.24) is 15.1 Å². The molecule has 106 valence electrons. The van der Waals surface area contributed by atoms with E-state index in [4.69, 9.17) is 4.42 Å². The molecule has 2 heterocycles. The van der Waals surface area contributed by atoms with Crippen LogP contribution in [0.1, 0.15) is 22.9 Å². The lowest BCUT2D eigenvalue weighted by Crippen LogP contribution is -2.21. The van der Waals surface area contributed by atoms with E-state index < -0.39 is 0 Å². The molecule has 1 N–H and O–H groups in total. The average Bonchev–Trinajstić information content (AvgIpc) is 3.20. The Kier molecular flexibility index (Phi) is 3.98. The SMILES string of the molecule is C=Cn1cc(CNC(c2ccccc2)c2ccco2)cn1. The summed E-state index contributed by atoms with van der Waals surface area (Å²) in [5, 5.41) is 7.69. The van der Waals surface area contributed by atoms with Crippen molar-refractivity contribution in [1.29, 1.82) is 0 Å². The molecule has 1 atom stereocenters. The van der Waals surface area contributed by atoms with Gasteiger partial charge in [0.1, 0.15) is 5.76 Å². The van der Waals surface area contributed by atoms with E-state index in [-0.39, 0.29) is 6.04 Å². The van der Waals surface area contributed by atoms with Gasteiger partial charge in [0.15, 0.2) is 0 Å². The number of furan rings is 1. The van der Waals surface area contributed by atoms with Crippen LogP contribution < -0.4 is 5.32 Å². The van der Waals surface area contributed by atoms with Gasteiger partial charge in [-0.15, -0.1) is 0 Å². The molecular formula is C17H17N3O. The van der Waals surface area contributed by atoms with Crippen molar-refractivity contribution in [3.63, 3.8) is 0 Å². The van der Waals surface area contributed by atoms with E-state index in [0.717, 1.165) is 11.3 Å². The first-order valence-electron chi connectivity index (χ1n) is 6.84. The van der Waals surface area contributed by atoms with Gasteiger partial charge < -0.3 is 4.42 Å². The summed E-state index contributed by atoms with van der Waals surface area (Å²) in [6.45, 7) is 4.40. The van der Waals surface area contributed by atoms with Crippen molar-refractivity contribution in [2.24, 2.45) is 0 Å². The van der Waals surface area contributed by atoms with Crippen LogP contribution in [0.15, 0.2) is 72.1 Å². The van der Waals surface area contributed by atoms with Gasteiger partial charge in [-0.25, -0.2) is 4.68 Å². The van der Waals surface area contributed by atoms with E-state index >= 15 is 0 Å². The summed E-state index contributed by atoms with van der Waals surface area (Å²) < 4.78 is 7.26. The van der Waals surface area contributed by atoms with Gasteiger partial charge in [-0.3, -0.25) is 5.32 Å². The molecule has 3 aromatic rings. The summed E-state index contributed by atoms with van der Waals surface area (Å²) in [6, 6.07) is 14.2. The third-order valence-corrected chi connectivity index (χ3v) is 3.31. The Balaban J connectivity index is 1.78. The molecule has 0 fully saturated rings. The maximum atomic E-state index is 5.57. The van der Waals surface area contributed by atoms with E-state index in [0.29, 0.717) is 6.54 Å². The molecule has 0 saturated heterocycles. The van der Waals surface area contributed by atoms with Crippen molar-refractivity contribution in [3.05, 3.63) is 84.6 Å². The van der Waals surface area contributed by atoms with Crippen LogP contribution in [0.25, 0.3) is 6.20 Å². The van der Waals surface area contributed by atoms with Crippen molar-refractivity contribution in [3.8, 4) is 0 Å². The van der Waals surface area contributed by atoms with E-state index in [1.165, 1.54) is 5.56 Å². The molecule has 0 aliphatic heterocycles. The van der Waals surface area contributed by atoms with E-state index in [1.807, 2.05) is 42.7 Å². The van der Waals surface area contributed by atoms with Crippen molar-refractivity contribution in [2.75, 3.05) is 0 Å². The zero-order valence-electron chi connectivity index (χ0n) is 11.6. The van der Waals surface area contributed by atoms with Gasteiger partial charge in [0, 0.05) is 24.5 Å². The van der Waals surface area contributed by atoms with Crippen LogP contribution in [0.4, 0.5) is 0 Å². The highest BCUT2D eigenvalue weighted by Crippen LogP contribution is 2.22. The number of rotatable bonds is 6. The number of nitrogens with one attached hydrogen (secondary N) is 1. The monoisotopic (exact) mass is 279 g/mol. The normalized spacial score (nSPS) is 12.2. The van der Waals surface area contributed by atoms with Crippen molar-refractivity contribution < 1.29 is 4.42 Å². The van der Waals surface area contributed by atoms with Crippen LogP contribution in [0, 0.1) is 0 Å². The van der Waals surface area contributed by atoms with Gasteiger partial charge in [-0.05, 0) is 17.7 Å². The van der Waals surface area contributed by atoms with Crippen LogP contribution in [0.3, 0.4) is 0 Å². The predicted octanol–water partition coefficient (Wildman–Crippen LogP) is 3.46. The van der Waals surface area contributed by atoms with Gasteiger partial charge in [0.25, 0.3) is 0 Å². The third-order valence-electron chi connectivity index (χ3n) is 3.31. The lowest BCUT2D eigenvalue weighted by molar-refractivity contribution is 0.446. The molecule has 0 radical (unpaired) electrons. The second-order valence-corrected chi connectivity index (χ2v) is 4.75. The standard InChI is InChI=1S/C17H17N3O/c1-2-20-13-14(12-19-20)11-18-17(16-9-6-10-21-16)15-7-4-3-5-8-15/h2-10,12-13,17-18H,1,11H2.